The van der Waals surface area contributed by atoms with Gasteiger partial charge in [0, 0.05) is 12.4 Å². The van der Waals surface area contributed by atoms with Crippen LogP contribution in [0.4, 0.5) is 5.82 Å². The van der Waals surface area contributed by atoms with E-state index in [-0.39, 0.29) is 6.04 Å². The zero-order valence-corrected chi connectivity index (χ0v) is 11.6. The van der Waals surface area contributed by atoms with Crippen LogP contribution in [0.5, 0.6) is 0 Å². The Labute approximate surface area is 115 Å². The van der Waals surface area contributed by atoms with Gasteiger partial charge in [0.2, 0.25) is 0 Å². The van der Waals surface area contributed by atoms with Crippen molar-refractivity contribution in [2.45, 2.75) is 32.7 Å². The summed E-state index contributed by atoms with van der Waals surface area (Å²) in [6.07, 6.45) is 3.56. The molecule has 1 unspecified atom stereocenters. The molecule has 2 N–H and O–H groups in total. The number of nitrogens with one attached hydrogen (secondary N) is 2. The maximum atomic E-state index is 4.53. The van der Waals surface area contributed by atoms with Gasteiger partial charge in [-0.05, 0) is 18.9 Å². The van der Waals surface area contributed by atoms with Gasteiger partial charge >= 0.3 is 0 Å². The second kappa shape index (κ2) is 4.87. The van der Waals surface area contributed by atoms with E-state index in [1.165, 1.54) is 0 Å². The molecule has 8 heteroatoms. The van der Waals surface area contributed by atoms with Crippen molar-refractivity contribution in [1.82, 2.24) is 35.2 Å². The zero-order valence-electron chi connectivity index (χ0n) is 11.6. The predicted octanol–water partition coefficient (Wildman–Crippen LogP) is 1.54. The van der Waals surface area contributed by atoms with Gasteiger partial charge in [0.15, 0.2) is 11.6 Å². The number of rotatable bonds is 4. The second-order valence-corrected chi connectivity index (χ2v) is 4.97. The lowest BCUT2D eigenvalue weighted by Gasteiger charge is -2.11. The zero-order chi connectivity index (χ0) is 14.1. The molecule has 104 valence electrons. The molecule has 0 aliphatic carbocycles. The molecule has 0 amide bonds. The molecule has 0 aliphatic heterocycles. The SMILES string of the molecule is CC(C)c1cc2c(NC(C)c3nn[nH]n3)nccn2n1. The number of tetrazole rings is 1. The highest BCUT2D eigenvalue weighted by molar-refractivity contribution is 5.68. The van der Waals surface area contributed by atoms with Crippen molar-refractivity contribution >= 4 is 11.3 Å². The van der Waals surface area contributed by atoms with Crippen LogP contribution < -0.4 is 5.32 Å². The summed E-state index contributed by atoms with van der Waals surface area (Å²) in [5.41, 5.74) is 1.97. The quantitative estimate of drug-likeness (QED) is 0.747. The molecule has 0 bridgehead atoms. The molecular weight excluding hydrogens is 256 g/mol. The molecule has 0 aliphatic rings. The minimum Gasteiger partial charge on any atom is -0.358 e. The van der Waals surface area contributed by atoms with Crippen molar-refractivity contribution in [3.63, 3.8) is 0 Å². The Kier molecular flexibility index (Phi) is 3.05. The van der Waals surface area contributed by atoms with E-state index in [9.17, 15) is 0 Å². The van der Waals surface area contributed by atoms with Gasteiger partial charge in [0.25, 0.3) is 0 Å². The monoisotopic (exact) mass is 272 g/mol. The number of aromatic amines is 1. The molecule has 3 heterocycles. The maximum Gasteiger partial charge on any atom is 0.196 e. The van der Waals surface area contributed by atoms with Crippen LogP contribution in [0.15, 0.2) is 18.5 Å². The van der Waals surface area contributed by atoms with Crippen molar-refractivity contribution in [3.05, 3.63) is 30.0 Å². The van der Waals surface area contributed by atoms with Crippen molar-refractivity contribution in [2.24, 2.45) is 0 Å². The average Bonchev–Trinajstić information content (AvgIpc) is 3.08. The maximum absolute atomic E-state index is 4.53. The van der Waals surface area contributed by atoms with Crippen LogP contribution in [-0.4, -0.2) is 35.2 Å². The topological polar surface area (TPSA) is 96.7 Å². The van der Waals surface area contributed by atoms with Crippen LogP contribution >= 0.6 is 0 Å². The van der Waals surface area contributed by atoms with Gasteiger partial charge in [0.1, 0.15) is 5.52 Å². The van der Waals surface area contributed by atoms with Crippen LogP contribution in [0.1, 0.15) is 44.2 Å². The van der Waals surface area contributed by atoms with E-state index in [1.54, 1.807) is 6.20 Å². The molecule has 1 atom stereocenters. The highest BCUT2D eigenvalue weighted by atomic mass is 15.5. The number of nitrogens with zero attached hydrogens (tertiary/aromatic N) is 6. The molecule has 8 nitrogen and oxygen atoms in total. The molecular formula is C12H16N8. The van der Waals surface area contributed by atoms with Gasteiger partial charge in [-0.1, -0.05) is 19.1 Å². The van der Waals surface area contributed by atoms with Crippen LogP contribution in [0.3, 0.4) is 0 Å². The Morgan fingerprint density at radius 2 is 2.15 bits per heavy atom. The number of aromatic nitrogens is 7. The van der Waals surface area contributed by atoms with Crippen LogP contribution in [0.25, 0.3) is 5.52 Å². The van der Waals surface area contributed by atoms with Crippen molar-refractivity contribution in [3.8, 4) is 0 Å². The van der Waals surface area contributed by atoms with Crippen molar-refractivity contribution in [2.75, 3.05) is 5.32 Å². The van der Waals surface area contributed by atoms with Crippen molar-refractivity contribution in [1.29, 1.82) is 0 Å². The minimum absolute atomic E-state index is 0.0927. The van der Waals surface area contributed by atoms with Gasteiger partial charge in [-0.25, -0.2) is 9.50 Å². The molecule has 3 aromatic heterocycles. The third kappa shape index (κ3) is 2.20. The molecule has 0 aromatic carbocycles. The second-order valence-electron chi connectivity index (χ2n) is 4.97. The van der Waals surface area contributed by atoms with Crippen molar-refractivity contribution < 1.29 is 0 Å². The Hall–Kier alpha value is -2.51. The first-order chi connectivity index (χ1) is 9.65. The van der Waals surface area contributed by atoms with Crippen LogP contribution in [0.2, 0.25) is 0 Å². The van der Waals surface area contributed by atoms with E-state index >= 15 is 0 Å². The van der Waals surface area contributed by atoms with Gasteiger partial charge in [-0.2, -0.15) is 10.3 Å². The first-order valence-corrected chi connectivity index (χ1v) is 6.49. The summed E-state index contributed by atoms with van der Waals surface area (Å²) in [6.45, 7) is 6.18. The molecule has 0 fully saturated rings. The van der Waals surface area contributed by atoms with E-state index < -0.39 is 0 Å². The standard InChI is InChI=1S/C12H16N8/c1-7(2)9-6-10-12(13-4-5-20(10)17-9)14-8(3)11-15-18-19-16-11/h4-8H,1-3H3,(H,13,14)(H,15,16,18,19). The third-order valence-corrected chi connectivity index (χ3v) is 3.10. The smallest absolute Gasteiger partial charge is 0.196 e. The Morgan fingerprint density at radius 1 is 1.30 bits per heavy atom. The summed E-state index contributed by atoms with van der Waals surface area (Å²) >= 11 is 0. The first-order valence-electron chi connectivity index (χ1n) is 6.49. The average molecular weight is 272 g/mol. The Bertz CT molecular complexity index is 699. The van der Waals surface area contributed by atoms with E-state index in [1.807, 2.05) is 23.7 Å². The van der Waals surface area contributed by atoms with Gasteiger partial charge in [-0.3, -0.25) is 0 Å². The van der Waals surface area contributed by atoms with E-state index in [4.69, 9.17) is 0 Å². The third-order valence-electron chi connectivity index (χ3n) is 3.10. The molecule has 3 aromatic rings. The lowest BCUT2D eigenvalue weighted by atomic mass is 10.1. The summed E-state index contributed by atoms with van der Waals surface area (Å²) in [6, 6.07) is 1.95. The van der Waals surface area contributed by atoms with E-state index in [0.717, 1.165) is 17.0 Å². The summed E-state index contributed by atoms with van der Waals surface area (Å²) in [5, 5.41) is 21.7. The highest BCUT2D eigenvalue weighted by Crippen LogP contribution is 2.22. The summed E-state index contributed by atoms with van der Waals surface area (Å²) in [7, 11) is 0. The molecule has 3 rings (SSSR count). The van der Waals surface area contributed by atoms with Crippen LogP contribution in [0, 0.1) is 0 Å². The lowest BCUT2D eigenvalue weighted by molar-refractivity contribution is 0.778. The summed E-state index contributed by atoms with van der Waals surface area (Å²) in [5.74, 6) is 1.72. The van der Waals surface area contributed by atoms with E-state index in [0.29, 0.717) is 11.7 Å². The fourth-order valence-electron chi connectivity index (χ4n) is 1.96. The first kappa shape index (κ1) is 12.5. The number of hydrogen-bond donors (Lipinski definition) is 2. The number of H-pyrrole nitrogens is 1. The molecule has 20 heavy (non-hydrogen) atoms. The van der Waals surface area contributed by atoms with Gasteiger partial charge in [0.05, 0.1) is 11.7 Å². The fourth-order valence-corrected chi connectivity index (χ4v) is 1.96. The summed E-state index contributed by atoms with van der Waals surface area (Å²) < 4.78 is 1.83. The van der Waals surface area contributed by atoms with E-state index in [2.05, 4.69) is 49.9 Å². The lowest BCUT2D eigenvalue weighted by Crippen LogP contribution is -2.10. The normalized spacial score (nSPS) is 13.0. The predicted molar refractivity (Wildman–Crippen MR) is 73.3 cm³/mol. The van der Waals surface area contributed by atoms with Crippen LogP contribution in [-0.2, 0) is 0 Å². The molecule has 0 saturated heterocycles. The molecule has 0 spiro atoms. The highest BCUT2D eigenvalue weighted by Gasteiger charge is 2.14. The molecule has 0 saturated carbocycles. The Balaban J connectivity index is 1.95. The number of anilines is 1. The number of fused-ring (bicyclic) bond motifs is 1. The van der Waals surface area contributed by atoms with Gasteiger partial charge in [-0.15, -0.1) is 10.2 Å². The van der Waals surface area contributed by atoms with Gasteiger partial charge < -0.3 is 5.32 Å². The Morgan fingerprint density at radius 3 is 2.85 bits per heavy atom. The minimum atomic E-state index is -0.0927. The fraction of sp³-hybridized carbons (Fsp3) is 0.417. The largest absolute Gasteiger partial charge is 0.358 e. The summed E-state index contributed by atoms with van der Waals surface area (Å²) in [4.78, 5) is 4.37. The number of hydrogen-bond acceptors (Lipinski definition) is 6. The molecule has 0 radical (unpaired) electrons.